The molecule has 2 aliphatic rings. The number of hydrogen-bond donors (Lipinski definition) is 1. The maximum Gasteiger partial charge on any atom is 0.227 e. The van der Waals surface area contributed by atoms with Crippen molar-refractivity contribution in [1.29, 1.82) is 0 Å². The SMILES string of the molecule is CC(C)COC1CCN(C(=O)C2CCNC2)CC1.Cl. The highest BCUT2D eigenvalue weighted by molar-refractivity contribution is 5.85. The number of nitrogens with zero attached hydrogens (tertiary/aromatic N) is 1. The standard InChI is InChI=1S/C14H26N2O2.ClH/c1-11(2)10-18-13-4-7-16(8-5-13)14(17)12-3-6-15-9-12;/h11-13,15H,3-10H2,1-2H3;1H. The van der Waals surface area contributed by atoms with Gasteiger partial charge in [-0.15, -0.1) is 12.4 Å². The Morgan fingerprint density at radius 3 is 2.53 bits per heavy atom. The number of hydrogen-bond acceptors (Lipinski definition) is 3. The zero-order chi connectivity index (χ0) is 13.0. The molecule has 19 heavy (non-hydrogen) atoms. The molecule has 5 heteroatoms. The number of ether oxygens (including phenoxy) is 1. The van der Waals surface area contributed by atoms with Crippen LogP contribution in [0.25, 0.3) is 0 Å². The number of carbonyl (C=O) groups excluding carboxylic acids is 1. The third kappa shape index (κ3) is 4.93. The number of amides is 1. The van der Waals surface area contributed by atoms with Crippen molar-refractivity contribution in [1.82, 2.24) is 10.2 Å². The van der Waals surface area contributed by atoms with Crippen molar-refractivity contribution in [3.8, 4) is 0 Å². The molecule has 0 bridgehead atoms. The van der Waals surface area contributed by atoms with E-state index in [1.165, 1.54) is 0 Å². The van der Waals surface area contributed by atoms with Gasteiger partial charge < -0.3 is 15.0 Å². The molecular weight excluding hydrogens is 264 g/mol. The lowest BCUT2D eigenvalue weighted by Crippen LogP contribution is -2.44. The highest BCUT2D eigenvalue weighted by atomic mass is 35.5. The maximum atomic E-state index is 12.2. The maximum absolute atomic E-state index is 12.2. The molecule has 1 atom stereocenters. The van der Waals surface area contributed by atoms with Gasteiger partial charge >= 0.3 is 0 Å². The molecular formula is C14H27ClN2O2. The summed E-state index contributed by atoms with van der Waals surface area (Å²) in [4.78, 5) is 14.3. The summed E-state index contributed by atoms with van der Waals surface area (Å²) in [5.74, 6) is 1.16. The summed E-state index contributed by atoms with van der Waals surface area (Å²) in [6, 6.07) is 0. The monoisotopic (exact) mass is 290 g/mol. The molecule has 1 amide bonds. The van der Waals surface area contributed by atoms with Gasteiger partial charge in [-0.3, -0.25) is 4.79 Å². The lowest BCUT2D eigenvalue weighted by atomic mass is 10.0. The topological polar surface area (TPSA) is 41.6 Å². The lowest BCUT2D eigenvalue weighted by Gasteiger charge is -2.33. The molecule has 0 aromatic carbocycles. The highest BCUT2D eigenvalue weighted by Crippen LogP contribution is 2.19. The smallest absolute Gasteiger partial charge is 0.227 e. The Labute approximate surface area is 122 Å². The molecule has 2 aliphatic heterocycles. The van der Waals surface area contributed by atoms with E-state index in [4.69, 9.17) is 4.74 Å². The average Bonchev–Trinajstić information content (AvgIpc) is 2.90. The van der Waals surface area contributed by atoms with Crippen LogP contribution in [0.4, 0.5) is 0 Å². The summed E-state index contributed by atoms with van der Waals surface area (Å²) >= 11 is 0. The van der Waals surface area contributed by atoms with Crippen LogP contribution in [0.1, 0.15) is 33.1 Å². The second-order valence-electron chi connectivity index (χ2n) is 5.94. The summed E-state index contributed by atoms with van der Waals surface area (Å²) < 4.78 is 5.85. The number of halogens is 1. The van der Waals surface area contributed by atoms with Gasteiger partial charge in [-0.25, -0.2) is 0 Å². The first-order valence-electron chi connectivity index (χ1n) is 7.28. The van der Waals surface area contributed by atoms with Crippen LogP contribution in [-0.4, -0.2) is 49.7 Å². The molecule has 2 heterocycles. The van der Waals surface area contributed by atoms with Crippen molar-refractivity contribution in [2.45, 2.75) is 39.2 Å². The average molecular weight is 291 g/mol. The van der Waals surface area contributed by atoms with E-state index < -0.39 is 0 Å². The van der Waals surface area contributed by atoms with Gasteiger partial charge in [0.15, 0.2) is 0 Å². The van der Waals surface area contributed by atoms with E-state index in [-0.39, 0.29) is 18.3 Å². The van der Waals surface area contributed by atoms with Gasteiger partial charge in [0.2, 0.25) is 5.91 Å². The van der Waals surface area contributed by atoms with Gasteiger partial charge in [-0.05, 0) is 31.7 Å². The first kappa shape index (κ1) is 16.7. The highest BCUT2D eigenvalue weighted by Gasteiger charge is 2.30. The minimum Gasteiger partial charge on any atom is -0.378 e. The summed E-state index contributed by atoms with van der Waals surface area (Å²) in [7, 11) is 0. The normalized spacial score (nSPS) is 24.6. The number of piperidine rings is 1. The zero-order valence-corrected chi connectivity index (χ0v) is 12.9. The van der Waals surface area contributed by atoms with E-state index in [1.54, 1.807) is 0 Å². The molecule has 0 aliphatic carbocycles. The van der Waals surface area contributed by atoms with Crippen molar-refractivity contribution in [2.75, 3.05) is 32.8 Å². The molecule has 0 radical (unpaired) electrons. The predicted octanol–water partition coefficient (Wildman–Crippen LogP) is 1.68. The van der Waals surface area contributed by atoms with E-state index in [2.05, 4.69) is 19.2 Å². The zero-order valence-electron chi connectivity index (χ0n) is 12.1. The Kier molecular flexibility index (Phi) is 7.11. The third-order valence-corrected chi connectivity index (χ3v) is 3.83. The number of rotatable bonds is 4. The quantitative estimate of drug-likeness (QED) is 0.856. The molecule has 2 saturated heterocycles. The molecule has 0 aromatic heterocycles. The summed E-state index contributed by atoms with van der Waals surface area (Å²) in [6.45, 7) is 8.78. The summed E-state index contributed by atoms with van der Waals surface area (Å²) in [5.41, 5.74) is 0. The minimum absolute atomic E-state index is 0. The van der Waals surface area contributed by atoms with E-state index in [1.807, 2.05) is 4.90 Å². The van der Waals surface area contributed by atoms with Crippen molar-refractivity contribution >= 4 is 18.3 Å². The molecule has 0 saturated carbocycles. The number of carbonyl (C=O) groups is 1. The predicted molar refractivity (Wildman–Crippen MR) is 78.6 cm³/mol. The lowest BCUT2D eigenvalue weighted by molar-refractivity contribution is -0.137. The van der Waals surface area contributed by atoms with Gasteiger partial charge in [-0.1, -0.05) is 13.8 Å². The largest absolute Gasteiger partial charge is 0.378 e. The van der Waals surface area contributed by atoms with Gasteiger partial charge in [-0.2, -0.15) is 0 Å². The Bertz CT molecular complexity index is 273. The van der Waals surface area contributed by atoms with E-state index in [0.29, 0.717) is 17.9 Å². The van der Waals surface area contributed by atoms with Crippen LogP contribution in [0.3, 0.4) is 0 Å². The van der Waals surface area contributed by atoms with Crippen molar-refractivity contribution < 1.29 is 9.53 Å². The van der Waals surface area contributed by atoms with Crippen LogP contribution in [-0.2, 0) is 9.53 Å². The molecule has 1 N–H and O–H groups in total. The molecule has 0 aromatic rings. The molecule has 4 nitrogen and oxygen atoms in total. The fraction of sp³-hybridized carbons (Fsp3) is 0.929. The second kappa shape index (κ2) is 8.08. The fourth-order valence-corrected chi connectivity index (χ4v) is 2.70. The van der Waals surface area contributed by atoms with Crippen LogP contribution in [0.5, 0.6) is 0 Å². The number of nitrogens with one attached hydrogen (secondary N) is 1. The van der Waals surface area contributed by atoms with Crippen molar-refractivity contribution in [3.05, 3.63) is 0 Å². The van der Waals surface area contributed by atoms with Gasteiger partial charge in [0.1, 0.15) is 0 Å². The molecule has 0 spiro atoms. The first-order chi connectivity index (χ1) is 8.66. The molecule has 112 valence electrons. The Hall–Kier alpha value is -0.320. The molecule has 2 fully saturated rings. The summed E-state index contributed by atoms with van der Waals surface area (Å²) in [6.07, 6.45) is 3.36. The fourth-order valence-electron chi connectivity index (χ4n) is 2.70. The molecule has 1 unspecified atom stereocenters. The van der Waals surface area contributed by atoms with Crippen LogP contribution >= 0.6 is 12.4 Å². The summed E-state index contributed by atoms with van der Waals surface area (Å²) in [5, 5.41) is 3.26. The molecule has 2 rings (SSSR count). The van der Waals surface area contributed by atoms with E-state index in [0.717, 1.165) is 52.0 Å². The van der Waals surface area contributed by atoms with Gasteiger partial charge in [0.05, 0.1) is 12.0 Å². The number of likely N-dealkylation sites (tertiary alicyclic amines) is 1. The van der Waals surface area contributed by atoms with Gasteiger partial charge in [0, 0.05) is 26.2 Å². The Morgan fingerprint density at radius 2 is 2.00 bits per heavy atom. The Balaban J connectivity index is 0.00000180. The van der Waals surface area contributed by atoms with Gasteiger partial charge in [0.25, 0.3) is 0 Å². The Morgan fingerprint density at radius 1 is 1.32 bits per heavy atom. The minimum atomic E-state index is 0. The van der Waals surface area contributed by atoms with Crippen LogP contribution in [0, 0.1) is 11.8 Å². The van der Waals surface area contributed by atoms with E-state index in [9.17, 15) is 4.79 Å². The van der Waals surface area contributed by atoms with E-state index >= 15 is 0 Å². The van der Waals surface area contributed by atoms with Crippen molar-refractivity contribution in [3.63, 3.8) is 0 Å². The third-order valence-electron chi connectivity index (χ3n) is 3.83. The van der Waals surface area contributed by atoms with Crippen LogP contribution < -0.4 is 5.32 Å². The van der Waals surface area contributed by atoms with Crippen LogP contribution in [0.2, 0.25) is 0 Å². The first-order valence-corrected chi connectivity index (χ1v) is 7.28. The second-order valence-corrected chi connectivity index (χ2v) is 5.94. The van der Waals surface area contributed by atoms with Crippen LogP contribution in [0.15, 0.2) is 0 Å². The van der Waals surface area contributed by atoms with Crippen molar-refractivity contribution in [2.24, 2.45) is 11.8 Å².